The predicted octanol–water partition coefficient (Wildman–Crippen LogP) is 2.03. The van der Waals surface area contributed by atoms with Crippen LogP contribution in [0.15, 0.2) is 24.3 Å². The number of anilines is 1. The first-order chi connectivity index (χ1) is 17.2. The molecule has 180 valence electrons. The van der Waals surface area contributed by atoms with Crippen molar-refractivity contribution in [2.24, 2.45) is 0 Å². The Balaban J connectivity index is 0.983. The number of fused-ring (bicyclic) bond motifs is 2. The standard InChI is InChI=1S/C26H28N6O3/c27-12-18-2-1-17-3-6-26(16-35-26)32-15-19(23(18)24(17)32)14-31-7-4-20(5-8-31)28-13-21-11-22-25(30-29-21)34-10-9-33-22/h1-3,6,11,19-20,28H,4-5,7-10,13-16H2. The summed E-state index contributed by atoms with van der Waals surface area (Å²) in [6.07, 6.45) is 6.51. The van der Waals surface area contributed by atoms with Gasteiger partial charge in [0.15, 0.2) is 11.5 Å². The third kappa shape index (κ3) is 3.64. The van der Waals surface area contributed by atoms with Gasteiger partial charge in [0.1, 0.15) is 19.8 Å². The van der Waals surface area contributed by atoms with Gasteiger partial charge in [0.05, 0.1) is 23.0 Å². The van der Waals surface area contributed by atoms with E-state index in [1.165, 1.54) is 16.8 Å². The highest BCUT2D eigenvalue weighted by Gasteiger charge is 2.54. The topological polar surface area (TPSA) is 99.1 Å². The van der Waals surface area contributed by atoms with Gasteiger partial charge < -0.3 is 29.3 Å². The van der Waals surface area contributed by atoms with Crippen LogP contribution in [-0.4, -0.2) is 72.9 Å². The monoisotopic (exact) mass is 472 g/mol. The van der Waals surface area contributed by atoms with Gasteiger partial charge in [0.25, 0.3) is 5.88 Å². The first-order valence-corrected chi connectivity index (χ1v) is 12.5. The molecule has 2 unspecified atom stereocenters. The first-order valence-electron chi connectivity index (χ1n) is 12.5. The zero-order valence-electron chi connectivity index (χ0n) is 19.6. The van der Waals surface area contributed by atoms with E-state index in [1.807, 2.05) is 12.1 Å². The van der Waals surface area contributed by atoms with Crippen LogP contribution in [-0.2, 0) is 11.3 Å². The van der Waals surface area contributed by atoms with Crippen LogP contribution in [0.2, 0.25) is 0 Å². The number of ether oxygens (including phenoxy) is 3. The Kier molecular flexibility index (Phi) is 4.94. The molecule has 35 heavy (non-hydrogen) atoms. The highest BCUT2D eigenvalue weighted by Crippen LogP contribution is 2.52. The Morgan fingerprint density at radius 3 is 2.86 bits per heavy atom. The van der Waals surface area contributed by atoms with Crippen molar-refractivity contribution in [3.05, 3.63) is 46.7 Å². The van der Waals surface area contributed by atoms with Crippen molar-refractivity contribution >= 4 is 11.8 Å². The van der Waals surface area contributed by atoms with Gasteiger partial charge in [0, 0.05) is 43.2 Å². The van der Waals surface area contributed by atoms with Crippen molar-refractivity contribution in [3.8, 4) is 17.7 Å². The number of aromatic nitrogens is 2. The summed E-state index contributed by atoms with van der Waals surface area (Å²) in [7, 11) is 0. The number of likely N-dealkylation sites (tertiary alicyclic amines) is 1. The summed E-state index contributed by atoms with van der Waals surface area (Å²) in [5.41, 5.74) is 5.02. The lowest BCUT2D eigenvalue weighted by atomic mass is 9.92. The third-order valence-electron chi connectivity index (χ3n) is 7.87. The maximum atomic E-state index is 9.83. The van der Waals surface area contributed by atoms with E-state index in [2.05, 4.69) is 49.6 Å². The van der Waals surface area contributed by atoms with E-state index in [9.17, 15) is 5.26 Å². The number of hydrogen-bond acceptors (Lipinski definition) is 9. The van der Waals surface area contributed by atoms with Crippen LogP contribution in [0.25, 0.3) is 6.08 Å². The van der Waals surface area contributed by atoms with Gasteiger partial charge in [-0.3, -0.25) is 0 Å². The smallest absolute Gasteiger partial charge is 0.276 e. The quantitative estimate of drug-likeness (QED) is 0.655. The number of nitrogens with zero attached hydrogens (tertiary/aromatic N) is 5. The second-order valence-corrected chi connectivity index (χ2v) is 10.0. The van der Waals surface area contributed by atoms with E-state index >= 15 is 0 Å². The summed E-state index contributed by atoms with van der Waals surface area (Å²) in [5, 5.41) is 21.9. The Morgan fingerprint density at radius 2 is 2.03 bits per heavy atom. The fourth-order valence-corrected chi connectivity index (χ4v) is 5.96. The van der Waals surface area contributed by atoms with Crippen LogP contribution >= 0.6 is 0 Å². The molecule has 9 heteroatoms. The SMILES string of the molecule is N#Cc1ccc2c3c1C(CN1CCC(NCc4cc5c(nn4)OCCO5)CC1)CN3C1(C=C2)CO1. The van der Waals surface area contributed by atoms with E-state index in [4.69, 9.17) is 14.2 Å². The first kappa shape index (κ1) is 21.1. The van der Waals surface area contributed by atoms with Crippen LogP contribution in [0.1, 0.15) is 41.1 Å². The number of nitriles is 1. The van der Waals surface area contributed by atoms with E-state index in [0.29, 0.717) is 43.3 Å². The zero-order chi connectivity index (χ0) is 23.4. The largest absolute Gasteiger partial charge is 0.484 e. The summed E-state index contributed by atoms with van der Waals surface area (Å²) in [6, 6.07) is 8.87. The second kappa shape index (κ2) is 8.19. The summed E-state index contributed by atoms with van der Waals surface area (Å²) >= 11 is 0. The summed E-state index contributed by atoms with van der Waals surface area (Å²) in [5.74, 6) is 1.48. The molecular formula is C26H28N6O3. The van der Waals surface area contributed by atoms with Gasteiger partial charge in [-0.25, -0.2) is 0 Å². The van der Waals surface area contributed by atoms with Crippen molar-refractivity contribution in [3.63, 3.8) is 0 Å². The second-order valence-electron chi connectivity index (χ2n) is 10.0. The molecule has 2 fully saturated rings. The molecule has 0 bridgehead atoms. The molecule has 2 aromatic rings. The van der Waals surface area contributed by atoms with E-state index < -0.39 is 0 Å². The van der Waals surface area contributed by atoms with E-state index in [1.54, 1.807) is 0 Å². The predicted molar refractivity (Wildman–Crippen MR) is 128 cm³/mol. The normalized spacial score (nSPS) is 26.6. The van der Waals surface area contributed by atoms with Crippen molar-refractivity contribution in [2.75, 3.05) is 50.9 Å². The number of benzene rings is 1. The molecule has 0 radical (unpaired) electrons. The van der Waals surface area contributed by atoms with Crippen LogP contribution in [0.4, 0.5) is 5.69 Å². The van der Waals surface area contributed by atoms with Gasteiger partial charge in [-0.1, -0.05) is 12.1 Å². The van der Waals surface area contributed by atoms with E-state index in [-0.39, 0.29) is 5.72 Å². The fraction of sp³-hybridized carbons (Fsp3) is 0.500. The lowest BCUT2D eigenvalue weighted by Gasteiger charge is -2.34. The average molecular weight is 473 g/mol. The number of nitrogens with one attached hydrogen (secondary N) is 1. The summed E-state index contributed by atoms with van der Waals surface area (Å²) < 4.78 is 16.9. The Hall–Kier alpha value is -3.19. The van der Waals surface area contributed by atoms with Crippen molar-refractivity contribution in [1.82, 2.24) is 20.4 Å². The minimum atomic E-state index is -0.280. The van der Waals surface area contributed by atoms with Gasteiger partial charge in [-0.2, -0.15) is 10.4 Å². The third-order valence-corrected chi connectivity index (χ3v) is 7.87. The molecule has 1 aromatic heterocycles. The molecule has 6 heterocycles. The summed E-state index contributed by atoms with van der Waals surface area (Å²) in [4.78, 5) is 4.95. The van der Waals surface area contributed by atoms with Crippen molar-refractivity contribution < 1.29 is 14.2 Å². The fourth-order valence-electron chi connectivity index (χ4n) is 5.96. The average Bonchev–Trinajstić information content (AvgIpc) is 3.58. The maximum absolute atomic E-state index is 9.83. The molecule has 9 nitrogen and oxygen atoms in total. The number of epoxide rings is 1. The van der Waals surface area contributed by atoms with Gasteiger partial charge >= 0.3 is 0 Å². The molecule has 5 aliphatic rings. The zero-order valence-corrected chi connectivity index (χ0v) is 19.6. The molecule has 2 atom stereocenters. The maximum Gasteiger partial charge on any atom is 0.276 e. The van der Waals surface area contributed by atoms with E-state index in [0.717, 1.165) is 56.9 Å². The lowest BCUT2D eigenvalue weighted by Crippen LogP contribution is -2.44. The van der Waals surface area contributed by atoms with Crippen LogP contribution in [0, 0.1) is 11.3 Å². The highest BCUT2D eigenvalue weighted by molar-refractivity contribution is 5.82. The molecule has 1 spiro atoms. The van der Waals surface area contributed by atoms with Crippen molar-refractivity contribution in [2.45, 2.75) is 37.1 Å². The van der Waals surface area contributed by atoms with Gasteiger partial charge in [-0.15, -0.1) is 5.10 Å². The van der Waals surface area contributed by atoms with Crippen LogP contribution in [0.5, 0.6) is 11.6 Å². The Bertz CT molecular complexity index is 1230. The summed E-state index contributed by atoms with van der Waals surface area (Å²) in [6.45, 7) is 6.43. The lowest BCUT2D eigenvalue weighted by molar-refractivity contribution is 0.161. The molecule has 0 saturated carbocycles. The minimum absolute atomic E-state index is 0.280. The molecule has 0 aliphatic carbocycles. The molecule has 7 rings (SSSR count). The number of piperidine rings is 1. The minimum Gasteiger partial charge on any atom is -0.484 e. The molecular weight excluding hydrogens is 444 g/mol. The number of rotatable bonds is 5. The van der Waals surface area contributed by atoms with Gasteiger partial charge in [0.2, 0.25) is 0 Å². The Morgan fingerprint density at radius 1 is 1.17 bits per heavy atom. The molecule has 0 amide bonds. The highest BCUT2D eigenvalue weighted by atomic mass is 16.6. The number of hydrogen-bond donors (Lipinski definition) is 1. The molecule has 5 aliphatic heterocycles. The molecule has 2 saturated heterocycles. The Labute approximate surface area is 204 Å². The van der Waals surface area contributed by atoms with Crippen LogP contribution in [0.3, 0.4) is 0 Å². The van der Waals surface area contributed by atoms with Crippen LogP contribution < -0.4 is 19.7 Å². The van der Waals surface area contributed by atoms with Crippen molar-refractivity contribution in [1.29, 1.82) is 5.26 Å². The molecule has 1 N–H and O–H groups in total. The molecule has 1 aromatic carbocycles. The van der Waals surface area contributed by atoms with Gasteiger partial charge in [-0.05, 0) is 43.6 Å².